The van der Waals surface area contributed by atoms with Gasteiger partial charge < -0.3 is 5.11 Å². The topological polar surface area (TPSA) is 20.2 Å². The maximum absolute atomic E-state index is 9.33. The zero-order valence-corrected chi connectivity index (χ0v) is 11.1. The highest BCUT2D eigenvalue weighted by Gasteiger charge is 2.19. The molecule has 0 bridgehead atoms. The summed E-state index contributed by atoms with van der Waals surface area (Å²) in [4.78, 5) is 0. The van der Waals surface area contributed by atoms with E-state index in [1.54, 1.807) is 5.17 Å². The minimum absolute atomic E-state index is 0.00309. The average molecular weight is 212 g/mol. The number of hydrogen-bond acceptors (Lipinski definition) is 1. The molecule has 1 saturated carbocycles. The SMILES string of the molecule is CC(=[Si]=[Si]=[SiH2])C1CCC(O)CC1. The molecule has 0 saturated heterocycles. The van der Waals surface area contributed by atoms with Gasteiger partial charge in [-0.15, -0.1) is 0 Å². The Hall–Kier alpha value is 0.481. The fourth-order valence-electron chi connectivity index (χ4n) is 1.75. The largest absolute Gasteiger partial charge is 0.393 e. The zero-order valence-electron chi connectivity index (χ0n) is 7.64. The van der Waals surface area contributed by atoms with E-state index in [4.69, 9.17) is 0 Å². The molecule has 0 unspecified atom stereocenters. The maximum atomic E-state index is 9.33. The summed E-state index contributed by atoms with van der Waals surface area (Å²) in [6, 6.07) is 0. The molecule has 0 aromatic heterocycles. The highest BCUT2D eigenvalue weighted by Crippen LogP contribution is 2.24. The molecule has 1 rings (SSSR count). The molecular formula is C8H16OSi3. The lowest BCUT2D eigenvalue weighted by Crippen LogP contribution is -2.23. The van der Waals surface area contributed by atoms with Crippen LogP contribution in [0.3, 0.4) is 0 Å². The summed E-state index contributed by atoms with van der Waals surface area (Å²) < 4.78 is 0. The van der Waals surface area contributed by atoms with Gasteiger partial charge in [-0.2, -0.15) is 0 Å². The van der Waals surface area contributed by atoms with Crippen molar-refractivity contribution in [3.8, 4) is 0 Å². The summed E-state index contributed by atoms with van der Waals surface area (Å²) in [5, 5.41) is 11.0. The van der Waals surface area contributed by atoms with Gasteiger partial charge >= 0.3 is 0 Å². The number of aliphatic hydroxyl groups excluding tert-OH is 1. The molecule has 1 aliphatic carbocycles. The Morgan fingerprint density at radius 3 is 2.42 bits per heavy atom. The molecule has 0 spiro atoms. The smallest absolute Gasteiger partial charge is 0.0540 e. The molecule has 1 aliphatic rings. The van der Waals surface area contributed by atoms with Crippen LogP contribution in [0.2, 0.25) is 0 Å². The molecule has 0 aromatic rings. The van der Waals surface area contributed by atoms with Crippen LogP contribution in [0.4, 0.5) is 0 Å². The Morgan fingerprint density at radius 2 is 1.92 bits per heavy atom. The van der Waals surface area contributed by atoms with Crippen LogP contribution in [0.25, 0.3) is 0 Å². The summed E-state index contributed by atoms with van der Waals surface area (Å²) in [7, 11) is 4.30. The van der Waals surface area contributed by atoms with Crippen molar-refractivity contribution in [2.75, 3.05) is 0 Å². The van der Waals surface area contributed by atoms with E-state index >= 15 is 0 Å². The second kappa shape index (κ2) is 5.26. The number of rotatable bonds is 1. The molecule has 0 amide bonds. The third-order valence-electron chi connectivity index (χ3n) is 2.59. The van der Waals surface area contributed by atoms with Crippen LogP contribution < -0.4 is 0 Å². The van der Waals surface area contributed by atoms with Crippen molar-refractivity contribution >= 4 is 30.4 Å². The number of aliphatic hydroxyl groups is 1. The maximum Gasteiger partial charge on any atom is 0.0540 e. The average Bonchev–Trinajstić information content (AvgIpc) is 2.06. The number of hydrogen-bond donors (Lipinski definition) is 1. The molecule has 12 heavy (non-hydrogen) atoms. The van der Waals surface area contributed by atoms with E-state index in [9.17, 15) is 5.11 Å². The Kier molecular flexibility index (Phi) is 4.63. The first-order chi connectivity index (χ1) is 5.74. The zero-order chi connectivity index (χ0) is 8.97. The van der Waals surface area contributed by atoms with E-state index < -0.39 is 0 Å². The van der Waals surface area contributed by atoms with Gasteiger partial charge in [-0.05, 0) is 56.1 Å². The fraction of sp³-hybridized carbons (Fsp3) is 0.875. The molecule has 66 valence electrons. The minimum Gasteiger partial charge on any atom is -0.393 e. The molecule has 0 radical (unpaired) electrons. The molecule has 0 aromatic carbocycles. The Labute approximate surface area is 80.5 Å². The van der Waals surface area contributed by atoms with E-state index in [1.807, 2.05) is 0 Å². The second-order valence-electron chi connectivity index (χ2n) is 3.49. The van der Waals surface area contributed by atoms with Crippen LogP contribution in [-0.4, -0.2) is 41.6 Å². The van der Waals surface area contributed by atoms with Crippen molar-refractivity contribution in [3.05, 3.63) is 0 Å². The van der Waals surface area contributed by atoms with Gasteiger partial charge in [0.15, 0.2) is 0 Å². The van der Waals surface area contributed by atoms with Crippen LogP contribution in [0, 0.1) is 5.92 Å². The van der Waals surface area contributed by atoms with E-state index in [2.05, 4.69) is 16.3 Å². The Morgan fingerprint density at radius 1 is 1.33 bits per heavy atom. The predicted octanol–water partition coefficient (Wildman–Crippen LogP) is -0.399. The van der Waals surface area contributed by atoms with Crippen molar-refractivity contribution in [1.29, 1.82) is 0 Å². The van der Waals surface area contributed by atoms with Gasteiger partial charge in [0, 0.05) is 0 Å². The van der Waals surface area contributed by atoms with Crippen molar-refractivity contribution < 1.29 is 5.11 Å². The first kappa shape index (κ1) is 10.6. The lowest BCUT2D eigenvalue weighted by molar-refractivity contribution is 0.121. The lowest BCUT2D eigenvalue weighted by Gasteiger charge is -2.25. The third kappa shape index (κ3) is 3.08. The molecule has 1 nitrogen and oxygen atoms in total. The van der Waals surface area contributed by atoms with Crippen LogP contribution in [0.15, 0.2) is 0 Å². The van der Waals surface area contributed by atoms with Gasteiger partial charge in [-0.3, -0.25) is 0 Å². The summed E-state index contributed by atoms with van der Waals surface area (Å²) in [6.07, 6.45) is 4.52. The molecule has 1 fully saturated rings. The lowest BCUT2D eigenvalue weighted by atomic mass is 9.86. The van der Waals surface area contributed by atoms with Crippen molar-refractivity contribution in [2.24, 2.45) is 5.92 Å². The van der Waals surface area contributed by atoms with Crippen molar-refractivity contribution in [2.45, 2.75) is 38.7 Å². The Bertz CT molecular complexity index is 231. The van der Waals surface area contributed by atoms with Gasteiger partial charge in [0.1, 0.15) is 0 Å². The quantitative estimate of drug-likeness (QED) is 0.587. The molecular weight excluding hydrogens is 196 g/mol. The van der Waals surface area contributed by atoms with Gasteiger partial charge in [-0.1, -0.05) is 12.9 Å². The first-order valence-corrected chi connectivity index (χ1v) is 9.86. The Balaban J connectivity index is 2.56. The van der Waals surface area contributed by atoms with Gasteiger partial charge in [-0.25, -0.2) is 0 Å². The van der Waals surface area contributed by atoms with Crippen molar-refractivity contribution in [1.82, 2.24) is 0 Å². The summed E-state index contributed by atoms with van der Waals surface area (Å²) in [5.74, 6) is 0.837. The molecule has 0 atom stereocenters. The highest BCUT2D eigenvalue weighted by molar-refractivity contribution is 6.87. The third-order valence-corrected chi connectivity index (χ3v) is 6.88. The molecule has 0 aliphatic heterocycles. The van der Waals surface area contributed by atoms with E-state index in [-0.39, 0.29) is 6.10 Å². The normalized spacial score (nSPS) is 28.8. The minimum atomic E-state index is 0.00309. The summed E-state index contributed by atoms with van der Waals surface area (Å²) in [6.45, 7) is 2.31. The predicted molar refractivity (Wildman–Crippen MR) is 58.7 cm³/mol. The molecule has 4 heteroatoms. The van der Waals surface area contributed by atoms with E-state index in [0.29, 0.717) is 0 Å². The molecule has 0 heterocycles. The van der Waals surface area contributed by atoms with E-state index in [0.717, 1.165) is 34.7 Å². The van der Waals surface area contributed by atoms with Gasteiger partial charge in [0.05, 0.1) is 6.10 Å². The van der Waals surface area contributed by atoms with Crippen LogP contribution in [0.1, 0.15) is 32.6 Å². The highest BCUT2D eigenvalue weighted by atomic mass is 29.1. The van der Waals surface area contributed by atoms with Crippen LogP contribution >= 0.6 is 0 Å². The van der Waals surface area contributed by atoms with Crippen LogP contribution in [-0.2, 0) is 0 Å². The van der Waals surface area contributed by atoms with Gasteiger partial charge in [0.2, 0.25) is 0 Å². The second-order valence-corrected chi connectivity index (χ2v) is 9.88. The first-order valence-electron chi connectivity index (χ1n) is 4.53. The van der Waals surface area contributed by atoms with Crippen LogP contribution in [0.5, 0.6) is 0 Å². The van der Waals surface area contributed by atoms with Crippen molar-refractivity contribution in [3.63, 3.8) is 0 Å². The molecule has 1 N–H and O–H groups in total. The van der Waals surface area contributed by atoms with Gasteiger partial charge in [0.25, 0.3) is 0 Å². The fourth-order valence-corrected chi connectivity index (χ4v) is 6.48. The monoisotopic (exact) mass is 212 g/mol. The summed E-state index contributed by atoms with van der Waals surface area (Å²) >= 11 is 0. The summed E-state index contributed by atoms with van der Waals surface area (Å²) in [5.41, 5.74) is 0. The standard InChI is InChI=1S/C8H16OSi3/c1-6(11-12-10)7-2-4-8(9)5-3-7/h7-9H,2-5,10H2,1H3. The van der Waals surface area contributed by atoms with E-state index in [1.165, 1.54) is 12.8 Å².